The third-order valence-electron chi connectivity index (χ3n) is 2.32. The van der Waals surface area contributed by atoms with Crippen LogP contribution < -0.4 is 10.1 Å². The molecular formula is C12H19NO3. The summed E-state index contributed by atoms with van der Waals surface area (Å²) in [5.74, 6) is 0.702. The molecule has 0 unspecified atom stereocenters. The van der Waals surface area contributed by atoms with E-state index in [0.717, 1.165) is 31.7 Å². The van der Waals surface area contributed by atoms with E-state index in [-0.39, 0.29) is 5.75 Å². The number of methoxy groups -OCH3 is 2. The molecule has 0 radical (unpaired) electrons. The van der Waals surface area contributed by atoms with Crippen molar-refractivity contribution in [2.45, 2.75) is 6.42 Å². The van der Waals surface area contributed by atoms with E-state index in [2.05, 4.69) is 5.32 Å². The first-order valence-corrected chi connectivity index (χ1v) is 5.33. The molecule has 0 spiro atoms. The first kappa shape index (κ1) is 12.8. The fraction of sp³-hybridized carbons (Fsp3) is 0.500. The van der Waals surface area contributed by atoms with Gasteiger partial charge in [-0.25, -0.2) is 0 Å². The first-order valence-electron chi connectivity index (χ1n) is 5.33. The fourth-order valence-corrected chi connectivity index (χ4v) is 1.41. The highest BCUT2D eigenvalue weighted by molar-refractivity contribution is 5.41. The van der Waals surface area contributed by atoms with Crippen molar-refractivity contribution in [2.24, 2.45) is 0 Å². The van der Waals surface area contributed by atoms with Crippen molar-refractivity contribution in [3.05, 3.63) is 23.8 Å². The minimum absolute atomic E-state index is 0.179. The van der Waals surface area contributed by atoms with Crippen LogP contribution in [0.1, 0.15) is 5.56 Å². The zero-order valence-electron chi connectivity index (χ0n) is 9.82. The highest BCUT2D eigenvalue weighted by Gasteiger charge is 2.01. The number of phenols is 1. The fourth-order valence-electron chi connectivity index (χ4n) is 1.41. The van der Waals surface area contributed by atoms with E-state index in [1.165, 1.54) is 0 Å². The maximum atomic E-state index is 9.42. The van der Waals surface area contributed by atoms with Gasteiger partial charge in [0.2, 0.25) is 0 Å². The summed E-state index contributed by atoms with van der Waals surface area (Å²) < 4.78 is 9.97. The van der Waals surface area contributed by atoms with E-state index in [9.17, 15) is 5.11 Å². The van der Waals surface area contributed by atoms with Crippen LogP contribution >= 0.6 is 0 Å². The summed E-state index contributed by atoms with van der Waals surface area (Å²) >= 11 is 0. The van der Waals surface area contributed by atoms with Crippen LogP contribution in [-0.4, -0.2) is 39.0 Å². The Morgan fingerprint density at radius 3 is 2.75 bits per heavy atom. The van der Waals surface area contributed by atoms with Crippen LogP contribution in [0.2, 0.25) is 0 Å². The molecule has 1 aromatic carbocycles. The van der Waals surface area contributed by atoms with Crippen LogP contribution in [0.5, 0.6) is 11.5 Å². The van der Waals surface area contributed by atoms with Gasteiger partial charge in [0.1, 0.15) is 0 Å². The summed E-state index contributed by atoms with van der Waals surface area (Å²) in [6.45, 7) is 2.46. The van der Waals surface area contributed by atoms with Gasteiger partial charge in [0.05, 0.1) is 13.7 Å². The Labute approximate surface area is 96.2 Å². The highest BCUT2D eigenvalue weighted by atomic mass is 16.5. The molecule has 0 aromatic heterocycles. The van der Waals surface area contributed by atoms with Gasteiger partial charge < -0.3 is 19.9 Å². The van der Waals surface area contributed by atoms with Gasteiger partial charge in [0.25, 0.3) is 0 Å². The summed E-state index contributed by atoms with van der Waals surface area (Å²) in [5, 5.41) is 12.7. The molecule has 0 saturated heterocycles. The molecule has 1 aromatic rings. The number of benzene rings is 1. The van der Waals surface area contributed by atoms with Crippen molar-refractivity contribution in [3.63, 3.8) is 0 Å². The van der Waals surface area contributed by atoms with Crippen LogP contribution in [-0.2, 0) is 11.2 Å². The zero-order chi connectivity index (χ0) is 11.8. The van der Waals surface area contributed by atoms with E-state index in [1.807, 2.05) is 12.1 Å². The highest BCUT2D eigenvalue weighted by Crippen LogP contribution is 2.26. The van der Waals surface area contributed by atoms with Crippen LogP contribution in [0.25, 0.3) is 0 Å². The van der Waals surface area contributed by atoms with Gasteiger partial charge in [-0.15, -0.1) is 0 Å². The lowest BCUT2D eigenvalue weighted by Gasteiger charge is -2.07. The molecule has 0 aliphatic carbocycles. The molecule has 0 atom stereocenters. The standard InChI is InChI=1S/C12H19NO3/c1-15-8-7-13-6-5-10-3-4-11(14)12(9-10)16-2/h3-4,9,13-14H,5-8H2,1-2H3. The number of nitrogens with one attached hydrogen (secondary N) is 1. The van der Waals surface area contributed by atoms with Gasteiger partial charge in [-0.05, 0) is 30.7 Å². The van der Waals surface area contributed by atoms with Gasteiger partial charge in [0.15, 0.2) is 11.5 Å². The Kier molecular flexibility index (Phi) is 5.67. The predicted molar refractivity (Wildman–Crippen MR) is 63.1 cm³/mol. The molecular weight excluding hydrogens is 206 g/mol. The van der Waals surface area contributed by atoms with Gasteiger partial charge >= 0.3 is 0 Å². The van der Waals surface area contributed by atoms with Crippen molar-refractivity contribution in [1.82, 2.24) is 5.32 Å². The average Bonchev–Trinajstić information content (AvgIpc) is 2.31. The molecule has 2 N–H and O–H groups in total. The average molecular weight is 225 g/mol. The number of hydrogen-bond donors (Lipinski definition) is 2. The summed E-state index contributed by atoms with van der Waals surface area (Å²) in [5.41, 5.74) is 1.14. The van der Waals surface area contributed by atoms with Gasteiger partial charge in [-0.1, -0.05) is 6.07 Å². The van der Waals surface area contributed by atoms with E-state index < -0.39 is 0 Å². The summed E-state index contributed by atoms with van der Waals surface area (Å²) in [6, 6.07) is 5.41. The second kappa shape index (κ2) is 7.09. The van der Waals surface area contributed by atoms with Crippen LogP contribution in [0.15, 0.2) is 18.2 Å². The Bertz CT molecular complexity index is 315. The monoisotopic (exact) mass is 225 g/mol. The third-order valence-corrected chi connectivity index (χ3v) is 2.32. The predicted octanol–water partition coefficient (Wildman–Crippen LogP) is 1.18. The molecule has 0 fully saturated rings. The van der Waals surface area contributed by atoms with Gasteiger partial charge in [0, 0.05) is 13.7 Å². The van der Waals surface area contributed by atoms with E-state index >= 15 is 0 Å². The summed E-state index contributed by atoms with van der Waals surface area (Å²) in [7, 11) is 3.24. The first-order chi connectivity index (χ1) is 7.77. The smallest absolute Gasteiger partial charge is 0.160 e. The maximum Gasteiger partial charge on any atom is 0.160 e. The third kappa shape index (κ3) is 4.08. The quantitative estimate of drug-likeness (QED) is 0.684. The molecule has 0 amide bonds. The minimum Gasteiger partial charge on any atom is -0.504 e. The summed E-state index contributed by atoms with van der Waals surface area (Å²) in [6.07, 6.45) is 0.903. The Balaban J connectivity index is 2.36. The molecule has 0 saturated carbocycles. The minimum atomic E-state index is 0.179. The Morgan fingerprint density at radius 1 is 1.25 bits per heavy atom. The van der Waals surface area contributed by atoms with Gasteiger partial charge in [-0.3, -0.25) is 0 Å². The largest absolute Gasteiger partial charge is 0.504 e. The normalized spacial score (nSPS) is 10.4. The number of ether oxygens (including phenoxy) is 2. The topological polar surface area (TPSA) is 50.7 Å². The lowest BCUT2D eigenvalue weighted by molar-refractivity contribution is 0.199. The number of phenolic OH excluding ortho intramolecular Hbond substituents is 1. The molecule has 0 aliphatic rings. The lowest BCUT2D eigenvalue weighted by Crippen LogP contribution is -2.21. The van der Waals surface area contributed by atoms with E-state index in [1.54, 1.807) is 20.3 Å². The van der Waals surface area contributed by atoms with Crippen molar-refractivity contribution in [3.8, 4) is 11.5 Å². The van der Waals surface area contributed by atoms with E-state index in [4.69, 9.17) is 9.47 Å². The molecule has 90 valence electrons. The van der Waals surface area contributed by atoms with E-state index in [0.29, 0.717) is 5.75 Å². The Hall–Kier alpha value is -1.26. The van der Waals surface area contributed by atoms with Crippen molar-refractivity contribution >= 4 is 0 Å². The number of rotatable bonds is 7. The molecule has 1 rings (SSSR count). The van der Waals surface area contributed by atoms with Crippen molar-refractivity contribution < 1.29 is 14.6 Å². The maximum absolute atomic E-state index is 9.42. The SMILES string of the molecule is COCCNCCc1ccc(O)c(OC)c1. The zero-order valence-corrected chi connectivity index (χ0v) is 9.82. The molecule has 4 heteroatoms. The molecule has 0 heterocycles. The van der Waals surface area contributed by atoms with Crippen molar-refractivity contribution in [2.75, 3.05) is 33.9 Å². The van der Waals surface area contributed by atoms with Crippen LogP contribution in [0.4, 0.5) is 0 Å². The molecule has 0 bridgehead atoms. The Morgan fingerprint density at radius 2 is 2.06 bits per heavy atom. The van der Waals surface area contributed by atoms with Crippen LogP contribution in [0, 0.1) is 0 Å². The lowest BCUT2D eigenvalue weighted by atomic mass is 10.1. The summed E-state index contributed by atoms with van der Waals surface area (Å²) in [4.78, 5) is 0. The number of hydrogen-bond acceptors (Lipinski definition) is 4. The molecule has 16 heavy (non-hydrogen) atoms. The molecule has 4 nitrogen and oxygen atoms in total. The van der Waals surface area contributed by atoms with Crippen LogP contribution in [0.3, 0.4) is 0 Å². The number of aromatic hydroxyl groups is 1. The van der Waals surface area contributed by atoms with Gasteiger partial charge in [-0.2, -0.15) is 0 Å². The van der Waals surface area contributed by atoms with Crippen molar-refractivity contribution in [1.29, 1.82) is 0 Å². The second-order valence-corrected chi connectivity index (χ2v) is 3.50. The molecule has 0 aliphatic heterocycles. The second-order valence-electron chi connectivity index (χ2n) is 3.50.